The smallest absolute Gasteiger partial charge is 0.465 e. The molecule has 0 bridgehead atoms. The normalized spacial score (nSPS) is 17.9. The fourth-order valence-electron chi connectivity index (χ4n) is 17.0. The first-order valence-corrected chi connectivity index (χ1v) is 44.7. The molecule has 2 fully saturated rings. The van der Waals surface area contributed by atoms with Crippen LogP contribution < -0.4 is 56.1 Å². The summed E-state index contributed by atoms with van der Waals surface area (Å²) in [5.41, 5.74) is 22.0. The molecule has 0 aromatic heterocycles. The number of fused-ring (bicyclic) bond motifs is 5. The van der Waals surface area contributed by atoms with Crippen LogP contribution in [-0.2, 0) is 0 Å². The van der Waals surface area contributed by atoms with Crippen LogP contribution in [0.15, 0.2) is 163 Å². The molecule has 1 aliphatic carbocycles. The van der Waals surface area contributed by atoms with Crippen LogP contribution in [0.4, 0.5) is 11.4 Å². The maximum Gasteiger partial charge on any atom is 0.465 e. The fraction of sp³-hybridized carbons (Fsp3) is 0.384. The third-order valence-electron chi connectivity index (χ3n) is 24.6. The van der Waals surface area contributed by atoms with Gasteiger partial charge in [0.1, 0.15) is 74.1 Å². The van der Waals surface area contributed by atoms with Crippen LogP contribution in [0.2, 0.25) is 0 Å². The Kier molecular flexibility index (Phi) is 28.9. The number of imide groups is 4. The Balaban J connectivity index is 0.866. The average molecular weight is 1770 g/mol. The van der Waals surface area contributed by atoms with Gasteiger partial charge in [-0.15, -0.1) is 0 Å². The maximum atomic E-state index is 14.1. The number of nitrogens with zero attached hydrogens (tertiary/aromatic N) is 7. The Morgan fingerprint density at radius 2 is 0.800 bits per heavy atom. The Hall–Kier alpha value is -13.8. The minimum absolute atomic E-state index is 0.00411. The lowest BCUT2D eigenvalue weighted by Crippen LogP contribution is -2.50. The molecule has 8 N–H and O–H groups in total. The predicted molar refractivity (Wildman–Crippen MR) is 486 cm³/mol. The molecule has 6 unspecified atom stereocenters. The van der Waals surface area contributed by atoms with Crippen LogP contribution in [0.25, 0.3) is 0 Å². The van der Waals surface area contributed by atoms with Gasteiger partial charge in [0.25, 0.3) is 53.2 Å². The predicted octanol–water partition coefficient (Wildman–Crippen LogP) is 13.3. The van der Waals surface area contributed by atoms with Crippen molar-refractivity contribution in [3.8, 4) is 34.5 Å². The molecule has 31 nitrogen and oxygen atoms in total. The standard InChI is InChI=1S/C99H109N13O18/c1-8-14-39-103-88(114)73-34-28-67(46-63(73)51-113)126-54-98(55-127-68-30-36-75-79(48-68)94(120)108(90(75)116)41-15-9-2,56-128-69-31-37-76-80(49-69)95(121)109(91(76)117)42-16-10-3)52-104-106-85-83(62-21-25-65(101)26-22-62)87-86(82(84(85)102)61-19-23-64(100)24-20-61)112(87)105-53-99(57-125-66-27-33-72(60(7)45-66)97(123)111(124)44-18-12-5,58-129-70-29-35-74-78(47-70)93(119)107(40-13-6)89(74)115)59-130-71-32-38-77-81(50-71)96(122)110(92(77)118)43-17-11-4/h19-38,45-51,82-83,86-87,105H,8-18,39-44,52-59,100-101H2,1-7H3,(H2-,102,103,104,114)/p+1. The van der Waals surface area contributed by atoms with E-state index in [1.165, 1.54) is 74.2 Å². The van der Waals surface area contributed by atoms with E-state index in [9.17, 15) is 63.1 Å². The van der Waals surface area contributed by atoms with E-state index < -0.39 is 93.8 Å². The van der Waals surface area contributed by atoms with Crippen LogP contribution in [-0.4, -0.2) is 210 Å². The van der Waals surface area contributed by atoms with Gasteiger partial charge in [0, 0.05) is 85.9 Å². The minimum atomic E-state index is -1.48. The summed E-state index contributed by atoms with van der Waals surface area (Å²) in [6.07, 6.45) is 7.76. The van der Waals surface area contributed by atoms with Gasteiger partial charge in [-0.25, -0.2) is 9.80 Å². The number of unbranched alkanes of at least 4 members (excludes halogenated alkanes) is 5. The quantitative estimate of drug-likeness (QED) is 0.00392. The molecule has 0 radical (unpaired) electrons. The summed E-state index contributed by atoms with van der Waals surface area (Å²) in [6, 6.07) is 41.1. The molecule has 8 aromatic carbocycles. The number of anilines is 2. The highest BCUT2D eigenvalue weighted by molar-refractivity contribution is 6.46. The van der Waals surface area contributed by atoms with Gasteiger partial charge >= 0.3 is 5.91 Å². The third-order valence-corrected chi connectivity index (χ3v) is 24.6. The van der Waals surface area contributed by atoms with E-state index in [1.54, 1.807) is 85.8 Å². The number of carbonyl (C=O) groups excluding carboxylic acids is 11. The molecular formula is C99H110N13O18+. The third kappa shape index (κ3) is 19.6. The lowest BCUT2D eigenvalue weighted by molar-refractivity contribution is -0.451. The van der Waals surface area contributed by atoms with Crippen LogP contribution in [0.1, 0.15) is 255 Å². The number of benzene rings is 8. The second-order valence-corrected chi connectivity index (χ2v) is 34.1. The number of nitroso groups, excluding NO2 is 1. The Morgan fingerprint density at radius 3 is 1.20 bits per heavy atom. The van der Waals surface area contributed by atoms with Crippen molar-refractivity contribution in [2.75, 3.05) is 103 Å². The first-order chi connectivity index (χ1) is 62.8. The van der Waals surface area contributed by atoms with Gasteiger partial charge in [-0.2, -0.15) is 5.10 Å². The fourth-order valence-corrected chi connectivity index (χ4v) is 17.0. The summed E-state index contributed by atoms with van der Waals surface area (Å²) in [7, 11) is 0. The zero-order chi connectivity index (χ0) is 92.2. The van der Waals surface area contributed by atoms with Crippen molar-refractivity contribution >= 4 is 88.2 Å². The Bertz CT molecular complexity index is 5690. The number of nitrogen functional groups attached to an aromatic ring is 2. The zero-order valence-corrected chi connectivity index (χ0v) is 74.2. The Labute approximate surface area is 753 Å². The van der Waals surface area contributed by atoms with Crippen LogP contribution in [0, 0.1) is 28.1 Å². The number of nitrogens with one attached hydrogen (secondary N) is 4. The molecular weight excluding hydrogens is 1660 g/mol. The topological polar surface area (TPSA) is 404 Å². The van der Waals surface area contributed by atoms with Crippen molar-refractivity contribution in [3.63, 3.8) is 0 Å². The van der Waals surface area contributed by atoms with Gasteiger partial charge in [0.15, 0.2) is 6.29 Å². The van der Waals surface area contributed by atoms with Gasteiger partial charge in [-0.1, -0.05) is 91.5 Å². The molecule has 6 aliphatic rings. The van der Waals surface area contributed by atoms with E-state index >= 15 is 0 Å². The number of hydrogen-bond donors (Lipinski definition) is 6. The van der Waals surface area contributed by atoms with Crippen molar-refractivity contribution in [2.24, 2.45) is 15.9 Å². The zero-order valence-electron chi connectivity index (χ0n) is 74.2. The summed E-state index contributed by atoms with van der Waals surface area (Å²) in [4.78, 5) is 170. The molecule has 0 spiro atoms. The second kappa shape index (κ2) is 40.7. The van der Waals surface area contributed by atoms with Crippen molar-refractivity contribution in [3.05, 3.63) is 241 Å². The van der Waals surface area contributed by atoms with E-state index in [0.717, 1.165) is 25.7 Å². The molecule has 5 heterocycles. The van der Waals surface area contributed by atoms with Crippen molar-refractivity contribution in [2.45, 2.75) is 143 Å². The molecule has 678 valence electrons. The van der Waals surface area contributed by atoms with Gasteiger partial charge in [0.05, 0.1) is 94.7 Å². The first-order valence-electron chi connectivity index (χ1n) is 44.7. The highest BCUT2D eigenvalue weighted by Gasteiger charge is 2.64. The summed E-state index contributed by atoms with van der Waals surface area (Å²) in [5.74, 6) is -5.18. The van der Waals surface area contributed by atoms with Crippen LogP contribution >= 0.6 is 0 Å². The number of nitrogens with two attached hydrogens (primary N) is 2. The minimum Gasteiger partial charge on any atom is -0.493 e. The van der Waals surface area contributed by atoms with Crippen molar-refractivity contribution in [1.29, 1.82) is 5.41 Å². The van der Waals surface area contributed by atoms with E-state index in [2.05, 4.69) is 16.2 Å². The number of amides is 10. The highest BCUT2D eigenvalue weighted by atomic mass is 16.5. The molecule has 130 heavy (non-hydrogen) atoms. The summed E-state index contributed by atoms with van der Waals surface area (Å²) >= 11 is 0. The molecule has 5 aliphatic heterocycles. The molecule has 14 rings (SSSR count). The van der Waals surface area contributed by atoms with Crippen LogP contribution in [0.5, 0.6) is 34.5 Å². The summed E-state index contributed by atoms with van der Waals surface area (Å²) < 4.78 is 41.6. The molecule has 10 amide bonds. The molecule has 6 atom stereocenters. The van der Waals surface area contributed by atoms with E-state index in [4.69, 9.17) is 45.0 Å². The maximum absolute atomic E-state index is 14.1. The lowest BCUT2D eigenvalue weighted by atomic mass is 9.73. The molecule has 1 saturated heterocycles. The van der Waals surface area contributed by atoms with Crippen molar-refractivity contribution < 1.29 is 85.9 Å². The van der Waals surface area contributed by atoms with Gasteiger partial charge < -0.3 is 56.0 Å². The number of ether oxygens (including phenoxy) is 6. The molecule has 1 saturated carbocycles. The SMILES string of the molecule is CCCCNC(=O)c1ccc(OCC(CNN=C2C(=N)C(c3ccc(N)cc3)C3C(C2c2ccc(N)cc2)N3NCC(COc2ccc(C(=O)[N+](=O)CCCC)c(C)c2)(COc2ccc3c(c2)C(=O)N(CCC)C3=O)COc2ccc3c(c2)C(=O)N(CCCC)C3=O)(COc2ccc3c(c2)C(=O)N(CCCC)C3=O)COc2ccc3c(c2)C(=O)N(CCCC)C3=O)cc1C=O. The van der Waals surface area contributed by atoms with Crippen LogP contribution in [0.3, 0.4) is 0 Å². The summed E-state index contributed by atoms with van der Waals surface area (Å²) in [6.45, 7) is 12.5. The Morgan fingerprint density at radius 1 is 0.438 bits per heavy atom. The first kappa shape index (κ1) is 92.4. The number of hydrazine groups is 1. The highest BCUT2D eigenvalue weighted by Crippen LogP contribution is 2.52. The molecule has 31 heteroatoms. The van der Waals surface area contributed by atoms with Gasteiger partial charge in [0.2, 0.25) is 6.54 Å². The van der Waals surface area contributed by atoms with Gasteiger partial charge in [-0.05, 0) is 196 Å². The largest absolute Gasteiger partial charge is 0.493 e. The van der Waals surface area contributed by atoms with Crippen molar-refractivity contribution in [1.82, 2.24) is 40.8 Å². The average Bonchev–Trinajstić information content (AvgIpc) is 1.53. The molecule has 8 aromatic rings. The number of hydrogen-bond acceptors (Lipinski definition) is 25. The monoisotopic (exact) mass is 1770 g/mol. The number of aldehydes is 1. The lowest BCUT2D eigenvalue weighted by Gasteiger charge is -2.34. The second-order valence-electron chi connectivity index (χ2n) is 34.1. The van der Waals surface area contributed by atoms with Gasteiger partial charge in [-0.3, -0.25) is 73.0 Å². The number of carbonyl (C=O) groups is 11. The summed E-state index contributed by atoms with van der Waals surface area (Å²) in [5, 5.41) is 21.0. The van der Waals surface area contributed by atoms with E-state index in [1.807, 2.05) is 70.8 Å². The van der Waals surface area contributed by atoms with E-state index in [0.29, 0.717) is 96.4 Å². The number of aryl methyl sites for hydroxylation is 1. The van der Waals surface area contributed by atoms with E-state index in [-0.39, 0.29) is 187 Å². The number of rotatable bonds is 46. The number of hydrazone groups is 1.